The minimum absolute atomic E-state index is 0.0571. The van der Waals surface area contributed by atoms with Gasteiger partial charge in [0.1, 0.15) is 22.8 Å². The normalized spacial score (nSPS) is 12.6. The summed E-state index contributed by atoms with van der Waals surface area (Å²) < 4.78 is 53.9. The van der Waals surface area contributed by atoms with Crippen molar-refractivity contribution in [2.75, 3.05) is 17.8 Å². The van der Waals surface area contributed by atoms with Crippen LogP contribution in [-0.2, 0) is 0 Å². The minimum atomic E-state index is -1.41. The highest BCUT2D eigenvalue weighted by Crippen LogP contribution is 2.38. The Labute approximate surface area is 139 Å². The summed E-state index contributed by atoms with van der Waals surface area (Å²) >= 11 is 0. The van der Waals surface area contributed by atoms with E-state index in [-0.39, 0.29) is 18.4 Å². The van der Waals surface area contributed by atoms with Crippen molar-refractivity contribution in [2.24, 2.45) is 0 Å². The average molecular weight is 348 g/mol. The van der Waals surface area contributed by atoms with Crippen LogP contribution in [0.3, 0.4) is 0 Å². The summed E-state index contributed by atoms with van der Waals surface area (Å²) in [5, 5.41) is 2.03. The molecule has 0 unspecified atom stereocenters. The van der Waals surface area contributed by atoms with Crippen molar-refractivity contribution in [1.29, 1.82) is 0 Å². The Kier molecular flexibility index (Phi) is 3.31. The van der Waals surface area contributed by atoms with Gasteiger partial charge >= 0.3 is 0 Å². The maximum Gasteiger partial charge on any atom is 0.231 e. The number of hydrogen-bond donors (Lipinski definition) is 2. The first kappa shape index (κ1) is 15.3. The topological polar surface area (TPSA) is 82.3 Å². The van der Waals surface area contributed by atoms with Gasteiger partial charge < -0.3 is 20.5 Å². The molecule has 1 aromatic heterocycles. The first-order valence-electron chi connectivity index (χ1n) is 7.22. The van der Waals surface area contributed by atoms with E-state index in [0.717, 1.165) is 0 Å². The maximum atomic E-state index is 14.8. The molecule has 1 aliphatic rings. The van der Waals surface area contributed by atoms with Gasteiger partial charge in [-0.3, -0.25) is 0 Å². The second-order valence-electron chi connectivity index (χ2n) is 5.39. The summed E-state index contributed by atoms with van der Waals surface area (Å²) in [6.07, 6.45) is 0. The largest absolute Gasteiger partial charge is 0.454 e. The third kappa shape index (κ3) is 2.35. The standard InChI is InChI=1S/C16H11F3N4O2/c1-6-21-14-10(16(20)22-6)11(17)12(18)15(13(14)19)23-7-2-3-8-9(4-7)25-5-24-8/h2-4,23H,5H2,1H3,(H2,20,21,22). The predicted octanol–water partition coefficient (Wildman–Crippen LogP) is 3.41. The van der Waals surface area contributed by atoms with Crippen LogP contribution in [0.15, 0.2) is 18.2 Å². The van der Waals surface area contributed by atoms with Gasteiger partial charge in [-0.1, -0.05) is 0 Å². The summed E-state index contributed by atoms with van der Waals surface area (Å²) in [4.78, 5) is 7.58. The molecule has 25 heavy (non-hydrogen) atoms. The van der Waals surface area contributed by atoms with E-state index in [1.54, 1.807) is 6.07 Å². The van der Waals surface area contributed by atoms with Gasteiger partial charge in [-0.2, -0.15) is 0 Å². The quantitative estimate of drug-likeness (QED) is 0.691. The number of ether oxygens (including phenoxy) is 2. The van der Waals surface area contributed by atoms with Crippen molar-refractivity contribution in [3.63, 3.8) is 0 Å². The monoisotopic (exact) mass is 348 g/mol. The highest BCUT2D eigenvalue weighted by Gasteiger charge is 2.24. The molecule has 0 radical (unpaired) electrons. The Balaban J connectivity index is 1.87. The lowest BCUT2D eigenvalue weighted by molar-refractivity contribution is 0.174. The second kappa shape index (κ2) is 5.40. The number of fused-ring (bicyclic) bond motifs is 2. The molecule has 0 amide bonds. The molecule has 9 heteroatoms. The summed E-state index contributed by atoms with van der Waals surface area (Å²) in [5.74, 6) is -3.07. The summed E-state index contributed by atoms with van der Waals surface area (Å²) in [5.41, 5.74) is 4.80. The van der Waals surface area contributed by atoms with Crippen LogP contribution >= 0.6 is 0 Å². The lowest BCUT2D eigenvalue weighted by Crippen LogP contribution is -2.07. The van der Waals surface area contributed by atoms with Gasteiger partial charge in [-0.05, 0) is 19.1 Å². The molecular formula is C16H11F3N4O2. The van der Waals surface area contributed by atoms with Gasteiger partial charge in [-0.15, -0.1) is 0 Å². The summed E-state index contributed by atoms with van der Waals surface area (Å²) in [6.45, 7) is 1.53. The SMILES string of the molecule is Cc1nc(N)c2c(F)c(F)c(Nc3ccc4c(c3)OCO4)c(F)c2n1. The predicted molar refractivity (Wildman–Crippen MR) is 84.4 cm³/mol. The fourth-order valence-corrected chi connectivity index (χ4v) is 2.63. The van der Waals surface area contributed by atoms with E-state index in [2.05, 4.69) is 15.3 Å². The highest BCUT2D eigenvalue weighted by atomic mass is 19.2. The Morgan fingerprint density at radius 1 is 1.04 bits per heavy atom. The van der Waals surface area contributed by atoms with Crippen molar-refractivity contribution in [3.8, 4) is 11.5 Å². The Hall–Kier alpha value is -3.23. The molecule has 0 saturated carbocycles. The van der Waals surface area contributed by atoms with Crippen molar-refractivity contribution in [2.45, 2.75) is 6.92 Å². The van der Waals surface area contributed by atoms with E-state index < -0.39 is 34.0 Å². The highest BCUT2D eigenvalue weighted by molar-refractivity contribution is 5.92. The zero-order valence-electron chi connectivity index (χ0n) is 12.9. The first-order chi connectivity index (χ1) is 12.0. The van der Waals surface area contributed by atoms with Gasteiger partial charge in [0, 0.05) is 11.8 Å². The average Bonchev–Trinajstić information content (AvgIpc) is 3.04. The molecule has 0 spiro atoms. The molecule has 128 valence electrons. The molecular weight excluding hydrogens is 337 g/mol. The number of aryl methyl sites for hydroxylation is 1. The van der Waals surface area contributed by atoms with Crippen LogP contribution in [0.2, 0.25) is 0 Å². The number of hydrogen-bond acceptors (Lipinski definition) is 6. The number of anilines is 3. The van der Waals surface area contributed by atoms with Crippen molar-refractivity contribution in [1.82, 2.24) is 9.97 Å². The number of nitrogen functional groups attached to an aromatic ring is 1. The number of halogens is 3. The molecule has 0 bridgehead atoms. The zero-order chi connectivity index (χ0) is 17.7. The lowest BCUT2D eigenvalue weighted by atomic mass is 10.1. The van der Waals surface area contributed by atoms with Crippen LogP contribution in [0, 0.1) is 24.4 Å². The van der Waals surface area contributed by atoms with Crippen LogP contribution < -0.4 is 20.5 Å². The van der Waals surface area contributed by atoms with E-state index in [0.29, 0.717) is 17.2 Å². The van der Waals surface area contributed by atoms with E-state index >= 15 is 0 Å². The molecule has 1 aliphatic heterocycles. The fraction of sp³-hybridized carbons (Fsp3) is 0.125. The summed E-state index contributed by atoms with van der Waals surface area (Å²) in [7, 11) is 0. The van der Waals surface area contributed by atoms with Gasteiger partial charge in [0.15, 0.2) is 29.0 Å². The molecule has 0 fully saturated rings. The van der Waals surface area contributed by atoms with Crippen LogP contribution in [0.4, 0.5) is 30.4 Å². The van der Waals surface area contributed by atoms with Gasteiger partial charge in [0.05, 0.1) is 5.39 Å². The maximum absolute atomic E-state index is 14.8. The lowest BCUT2D eigenvalue weighted by Gasteiger charge is -2.13. The van der Waals surface area contributed by atoms with Crippen LogP contribution in [0.25, 0.3) is 10.9 Å². The molecule has 2 aromatic carbocycles. The van der Waals surface area contributed by atoms with Gasteiger partial charge in [0.25, 0.3) is 0 Å². The van der Waals surface area contributed by atoms with E-state index in [1.807, 2.05) is 0 Å². The van der Waals surface area contributed by atoms with Crippen LogP contribution in [0.1, 0.15) is 5.82 Å². The number of nitrogens with two attached hydrogens (primary N) is 1. The van der Waals surface area contributed by atoms with Gasteiger partial charge in [-0.25, -0.2) is 23.1 Å². The molecule has 4 rings (SSSR count). The molecule has 0 aliphatic carbocycles. The Morgan fingerprint density at radius 3 is 2.60 bits per heavy atom. The Morgan fingerprint density at radius 2 is 1.80 bits per heavy atom. The molecule has 3 N–H and O–H groups in total. The van der Waals surface area contributed by atoms with Gasteiger partial charge in [0.2, 0.25) is 6.79 Å². The van der Waals surface area contributed by atoms with Crippen molar-refractivity contribution >= 4 is 28.1 Å². The third-order valence-corrected chi connectivity index (χ3v) is 3.75. The van der Waals surface area contributed by atoms with E-state index in [9.17, 15) is 13.2 Å². The molecule has 0 saturated heterocycles. The van der Waals surface area contributed by atoms with Crippen LogP contribution in [0.5, 0.6) is 11.5 Å². The number of nitrogens with zero attached hydrogens (tertiary/aromatic N) is 2. The number of aromatic nitrogens is 2. The number of benzene rings is 2. The van der Waals surface area contributed by atoms with Crippen LogP contribution in [-0.4, -0.2) is 16.8 Å². The zero-order valence-corrected chi connectivity index (χ0v) is 12.9. The molecule has 6 nitrogen and oxygen atoms in total. The minimum Gasteiger partial charge on any atom is -0.454 e. The fourth-order valence-electron chi connectivity index (χ4n) is 2.63. The molecule has 0 atom stereocenters. The smallest absolute Gasteiger partial charge is 0.231 e. The number of nitrogens with one attached hydrogen (secondary N) is 1. The molecule has 3 aromatic rings. The number of rotatable bonds is 2. The van der Waals surface area contributed by atoms with E-state index in [1.165, 1.54) is 19.1 Å². The first-order valence-corrected chi connectivity index (χ1v) is 7.22. The summed E-state index contributed by atoms with van der Waals surface area (Å²) in [6, 6.07) is 4.58. The third-order valence-electron chi connectivity index (χ3n) is 3.75. The van der Waals surface area contributed by atoms with Crippen molar-refractivity contribution in [3.05, 3.63) is 41.5 Å². The van der Waals surface area contributed by atoms with Crippen molar-refractivity contribution < 1.29 is 22.6 Å². The van der Waals surface area contributed by atoms with E-state index in [4.69, 9.17) is 15.2 Å². The molecule has 2 heterocycles. The Bertz CT molecular complexity index is 1030. The second-order valence-corrected chi connectivity index (χ2v) is 5.39.